The van der Waals surface area contributed by atoms with E-state index >= 15 is 0 Å². The highest BCUT2D eigenvalue weighted by Crippen LogP contribution is 2.27. The molecular formula is C20H22N4O2. The van der Waals surface area contributed by atoms with E-state index in [1.165, 1.54) is 5.56 Å². The predicted molar refractivity (Wildman–Crippen MR) is 99.0 cm³/mol. The van der Waals surface area contributed by atoms with Crippen molar-refractivity contribution in [3.8, 4) is 5.75 Å². The third-order valence-corrected chi connectivity index (χ3v) is 4.75. The van der Waals surface area contributed by atoms with E-state index in [0.29, 0.717) is 13.0 Å². The number of anilines is 1. The summed E-state index contributed by atoms with van der Waals surface area (Å²) in [6.07, 6.45) is 9.98. The third kappa shape index (κ3) is 3.91. The van der Waals surface area contributed by atoms with Gasteiger partial charge in [0.2, 0.25) is 5.91 Å². The minimum Gasteiger partial charge on any atom is -0.489 e. The molecule has 0 unspecified atom stereocenters. The van der Waals surface area contributed by atoms with Gasteiger partial charge < -0.3 is 10.1 Å². The summed E-state index contributed by atoms with van der Waals surface area (Å²) in [6, 6.07) is 5.89. The van der Waals surface area contributed by atoms with Crippen LogP contribution in [0.3, 0.4) is 0 Å². The molecular weight excluding hydrogens is 328 g/mol. The van der Waals surface area contributed by atoms with Crippen molar-refractivity contribution in [2.75, 3.05) is 25.0 Å². The summed E-state index contributed by atoms with van der Waals surface area (Å²) in [5.74, 6) is 0.847. The van der Waals surface area contributed by atoms with Gasteiger partial charge in [-0.3, -0.25) is 19.7 Å². The molecule has 1 aromatic carbocycles. The van der Waals surface area contributed by atoms with Crippen molar-refractivity contribution in [1.29, 1.82) is 0 Å². The zero-order valence-corrected chi connectivity index (χ0v) is 14.6. The number of ether oxygens (including phenoxy) is 1. The summed E-state index contributed by atoms with van der Waals surface area (Å²) in [5.41, 5.74) is 4.24. The van der Waals surface area contributed by atoms with Gasteiger partial charge in [0, 0.05) is 56.6 Å². The lowest BCUT2D eigenvalue weighted by molar-refractivity contribution is -0.116. The van der Waals surface area contributed by atoms with Crippen LogP contribution in [-0.2, 0) is 24.2 Å². The van der Waals surface area contributed by atoms with Gasteiger partial charge in [-0.15, -0.1) is 0 Å². The lowest BCUT2D eigenvalue weighted by Crippen LogP contribution is -2.31. The number of aromatic nitrogens is 2. The fourth-order valence-electron chi connectivity index (χ4n) is 3.32. The molecule has 1 N–H and O–H groups in total. The number of nitrogens with one attached hydrogen (secondary N) is 1. The van der Waals surface area contributed by atoms with Crippen LogP contribution in [0.5, 0.6) is 5.75 Å². The molecule has 2 aliphatic rings. The van der Waals surface area contributed by atoms with Crippen molar-refractivity contribution in [3.05, 3.63) is 59.7 Å². The zero-order chi connectivity index (χ0) is 17.8. The van der Waals surface area contributed by atoms with Crippen molar-refractivity contribution in [1.82, 2.24) is 14.9 Å². The summed E-state index contributed by atoms with van der Waals surface area (Å²) < 4.78 is 5.77. The van der Waals surface area contributed by atoms with Gasteiger partial charge in [0.05, 0.1) is 11.4 Å². The summed E-state index contributed by atoms with van der Waals surface area (Å²) in [6.45, 7) is 3.23. The second-order valence-corrected chi connectivity index (χ2v) is 6.58. The van der Waals surface area contributed by atoms with Crippen LogP contribution in [0, 0.1) is 0 Å². The number of aryl methyl sites for hydroxylation is 1. The molecule has 2 aromatic rings. The van der Waals surface area contributed by atoms with E-state index in [2.05, 4.69) is 26.3 Å². The third-order valence-electron chi connectivity index (χ3n) is 4.75. The van der Waals surface area contributed by atoms with Gasteiger partial charge in [-0.2, -0.15) is 0 Å². The zero-order valence-electron chi connectivity index (χ0n) is 14.6. The molecule has 6 heteroatoms. The fourth-order valence-corrected chi connectivity index (χ4v) is 3.32. The smallest absolute Gasteiger partial charge is 0.224 e. The maximum absolute atomic E-state index is 11.5. The number of amides is 1. The second kappa shape index (κ2) is 7.66. The van der Waals surface area contributed by atoms with E-state index < -0.39 is 0 Å². The van der Waals surface area contributed by atoms with Crippen molar-refractivity contribution >= 4 is 11.6 Å². The van der Waals surface area contributed by atoms with Crippen LogP contribution in [0.2, 0.25) is 0 Å². The molecule has 1 aromatic heterocycles. The normalized spacial score (nSPS) is 16.8. The maximum Gasteiger partial charge on any atom is 0.224 e. The molecule has 0 saturated heterocycles. The lowest BCUT2D eigenvalue weighted by atomic mass is 10.0. The Morgan fingerprint density at radius 1 is 1.12 bits per heavy atom. The highest BCUT2D eigenvalue weighted by atomic mass is 16.5. The Morgan fingerprint density at radius 2 is 2.00 bits per heavy atom. The first-order valence-electron chi connectivity index (χ1n) is 8.99. The SMILES string of the molecule is O=C1CCc2ccc(OC/C=C/CN3CCc4nccnc4C3)cc2N1. The molecule has 2 aliphatic heterocycles. The molecule has 4 rings (SSSR count). The molecule has 0 saturated carbocycles. The largest absolute Gasteiger partial charge is 0.489 e. The average molecular weight is 350 g/mol. The number of fused-ring (bicyclic) bond motifs is 2. The van der Waals surface area contributed by atoms with E-state index in [4.69, 9.17) is 4.74 Å². The van der Waals surface area contributed by atoms with Crippen LogP contribution >= 0.6 is 0 Å². The van der Waals surface area contributed by atoms with Gasteiger partial charge in [-0.05, 0) is 18.1 Å². The molecule has 0 spiro atoms. The Kier molecular flexibility index (Phi) is 4.93. The number of rotatable bonds is 5. The van der Waals surface area contributed by atoms with Crippen LogP contribution in [-0.4, -0.2) is 40.5 Å². The van der Waals surface area contributed by atoms with Gasteiger partial charge in [-0.1, -0.05) is 18.2 Å². The van der Waals surface area contributed by atoms with E-state index in [1.807, 2.05) is 24.3 Å². The minimum atomic E-state index is 0.0716. The minimum absolute atomic E-state index is 0.0716. The van der Waals surface area contributed by atoms with E-state index in [9.17, 15) is 4.79 Å². The summed E-state index contributed by atoms with van der Waals surface area (Å²) in [5, 5.41) is 2.90. The molecule has 1 amide bonds. The summed E-state index contributed by atoms with van der Waals surface area (Å²) in [4.78, 5) is 22.6. The Morgan fingerprint density at radius 3 is 2.92 bits per heavy atom. The lowest BCUT2D eigenvalue weighted by Gasteiger charge is -2.25. The van der Waals surface area contributed by atoms with Crippen molar-refractivity contribution in [2.24, 2.45) is 0 Å². The van der Waals surface area contributed by atoms with Crippen LogP contribution in [0.1, 0.15) is 23.4 Å². The average Bonchev–Trinajstić information content (AvgIpc) is 2.67. The summed E-state index contributed by atoms with van der Waals surface area (Å²) in [7, 11) is 0. The van der Waals surface area contributed by atoms with Crippen LogP contribution in [0.25, 0.3) is 0 Å². The molecule has 0 bridgehead atoms. The van der Waals surface area contributed by atoms with E-state index in [-0.39, 0.29) is 5.91 Å². The van der Waals surface area contributed by atoms with Crippen molar-refractivity contribution in [2.45, 2.75) is 25.8 Å². The van der Waals surface area contributed by atoms with Gasteiger partial charge >= 0.3 is 0 Å². The number of carbonyl (C=O) groups excluding carboxylic acids is 1. The Balaban J connectivity index is 1.25. The van der Waals surface area contributed by atoms with Crippen LogP contribution in [0.15, 0.2) is 42.7 Å². The van der Waals surface area contributed by atoms with Crippen LogP contribution < -0.4 is 10.1 Å². The molecule has 0 radical (unpaired) electrons. The Bertz CT molecular complexity index is 834. The topological polar surface area (TPSA) is 67.3 Å². The number of hydrogen-bond donors (Lipinski definition) is 1. The summed E-state index contributed by atoms with van der Waals surface area (Å²) >= 11 is 0. The highest BCUT2D eigenvalue weighted by Gasteiger charge is 2.17. The first-order chi connectivity index (χ1) is 12.8. The van der Waals surface area contributed by atoms with Crippen LogP contribution in [0.4, 0.5) is 5.69 Å². The molecule has 0 fully saturated rings. The Labute approximate surface area is 152 Å². The predicted octanol–water partition coefficient (Wildman–Crippen LogP) is 2.35. The number of hydrogen-bond acceptors (Lipinski definition) is 5. The number of benzene rings is 1. The maximum atomic E-state index is 11.5. The fraction of sp³-hybridized carbons (Fsp3) is 0.350. The van der Waals surface area contributed by atoms with Crippen molar-refractivity contribution in [3.63, 3.8) is 0 Å². The second-order valence-electron chi connectivity index (χ2n) is 6.58. The molecule has 0 atom stereocenters. The van der Waals surface area contributed by atoms with Gasteiger partial charge in [0.1, 0.15) is 12.4 Å². The molecule has 0 aliphatic carbocycles. The first kappa shape index (κ1) is 16.7. The van der Waals surface area contributed by atoms with Crippen molar-refractivity contribution < 1.29 is 9.53 Å². The molecule has 3 heterocycles. The van der Waals surface area contributed by atoms with Gasteiger partial charge in [-0.25, -0.2) is 0 Å². The number of carbonyl (C=O) groups is 1. The number of nitrogens with zero attached hydrogens (tertiary/aromatic N) is 3. The van der Waals surface area contributed by atoms with Gasteiger partial charge in [0.15, 0.2) is 0 Å². The molecule has 6 nitrogen and oxygen atoms in total. The first-order valence-corrected chi connectivity index (χ1v) is 8.99. The quantitative estimate of drug-likeness (QED) is 0.839. The Hall–Kier alpha value is -2.73. The molecule has 134 valence electrons. The van der Waals surface area contributed by atoms with E-state index in [0.717, 1.165) is 55.3 Å². The molecule has 26 heavy (non-hydrogen) atoms. The monoisotopic (exact) mass is 350 g/mol. The standard InChI is InChI=1S/C20H22N4O2/c25-20-6-4-15-3-5-16(13-18(15)23-20)26-12-2-1-10-24-11-7-17-19(14-24)22-9-8-21-17/h1-3,5,8-9,13H,4,6-7,10-12,14H2,(H,23,25)/b2-1+. The van der Waals surface area contributed by atoms with Gasteiger partial charge in [0.25, 0.3) is 0 Å². The highest BCUT2D eigenvalue weighted by molar-refractivity contribution is 5.94. The van der Waals surface area contributed by atoms with E-state index in [1.54, 1.807) is 12.4 Å².